The van der Waals surface area contributed by atoms with Gasteiger partial charge in [-0.1, -0.05) is 29.8 Å². The number of hydrogen-bond acceptors (Lipinski definition) is 2. The first kappa shape index (κ1) is 14.4. The molecule has 3 nitrogen and oxygen atoms in total. The van der Waals surface area contributed by atoms with Crippen molar-refractivity contribution in [2.24, 2.45) is 0 Å². The highest BCUT2D eigenvalue weighted by Gasteiger charge is 2.09. The molecule has 104 valence electrons. The van der Waals surface area contributed by atoms with Crippen LogP contribution in [0.25, 0.3) is 0 Å². The van der Waals surface area contributed by atoms with Gasteiger partial charge < -0.3 is 11.1 Å². The predicted octanol–water partition coefficient (Wildman–Crippen LogP) is 3.20. The minimum atomic E-state index is -0.0937. The Morgan fingerprint density at radius 3 is 2.60 bits per heavy atom. The summed E-state index contributed by atoms with van der Waals surface area (Å²) in [5.74, 6) is -0.0937. The molecule has 2 rings (SSSR count). The third-order valence-electron chi connectivity index (χ3n) is 3.23. The standard InChI is InChI=1S/C16H17ClN2O/c1-11-14(3-2-4-15(11)18)16(20)19-10-9-12-5-7-13(17)8-6-12/h2-8H,9-10,18H2,1H3,(H,19,20). The second kappa shape index (κ2) is 6.44. The monoisotopic (exact) mass is 288 g/mol. The summed E-state index contributed by atoms with van der Waals surface area (Å²) in [6.45, 7) is 2.43. The fraction of sp³-hybridized carbons (Fsp3) is 0.188. The molecule has 2 aromatic rings. The van der Waals surface area contributed by atoms with Crippen molar-refractivity contribution in [2.45, 2.75) is 13.3 Å². The zero-order valence-electron chi connectivity index (χ0n) is 11.3. The summed E-state index contributed by atoms with van der Waals surface area (Å²) in [5.41, 5.74) is 9.01. The number of nitrogens with one attached hydrogen (secondary N) is 1. The lowest BCUT2D eigenvalue weighted by molar-refractivity contribution is 0.0953. The maximum absolute atomic E-state index is 12.1. The molecular formula is C16H17ClN2O. The van der Waals surface area contributed by atoms with Gasteiger partial charge in [-0.2, -0.15) is 0 Å². The number of anilines is 1. The highest BCUT2D eigenvalue weighted by atomic mass is 35.5. The average molecular weight is 289 g/mol. The van der Waals surface area contributed by atoms with Gasteiger partial charge >= 0.3 is 0 Å². The van der Waals surface area contributed by atoms with Crippen LogP contribution in [0.3, 0.4) is 0 Å². The smallest absolute Gasteiger partial charge is 0.251 e. The molecule has 0 spiro atoms. The SMILES string of the molecule is Cc1c(N)cccc1C(=O)NCCc1ccc(Cl)cc1. The molecule has 3 N–H and O–H groups in total. The summed E-state index contributed by atoms with van der Waals surface area (Å²) in [6.07, 6.45) is 0.768. The molecule has 0 atom stereocenters. The van der Waals surface area contributed by atoms with Crippen LogP contribution in [0, 0.1) is 6.92 Å². The largest absolute Gasteiger partial charge is 0.398 e. The van der Waals surface area contributed by atoms with Crippen LogP contribution in [0.1, 0.15) is 21.5 Å². The first-order chi connectivity index (χ1) is 9.58. The Kier molecular flexibility index (Phi) is 4.64. The normalized spacial score (nSPS) is 10.3. The minimum Gasteiger partial charge on any atom is -0.398 e. The van der Waals surface area contributed by atoms with Crippen molar-refractivity contribution in [1.82, 2.24) is 5.32 Å². The number of hydrogen-bond donors (Lipinski definition) is 2. The number of benzene rings is 2. The van der Waals surface area contributed by atoms with Crippen molar-refractivity contribution in [3.05, 3.63) is 64.2 Å². The number of halogens is 1. The Morgan fingerprint density at radius 1 is 1.20 bits per heavy atom. The molecule has 0 bridgehead atoms. The van der Waals surface area contributed by atoms with Crippen LogP contribution in [0.2, 0.25) is 5.02 Å². The number of amides is 1. The number of nitrogens with two attached hydrogens (primary N) is 1. The summed E-state index contributed by atoms with van der Waals surface area (Å²) in [4.78, 5) is 12.1. The van der Waals surface area contributed by atoms with Gasteiger partial charge in [0.25, 0.3) is 5.91 Å². The molecule has 0 heterocycles. The molecular weight excluding hydrogens is 272 g/mol. The van der Waals surface area contributed by atoms with Crippen molar-refractivity contribution in [3.8, 4) is 0 Å². The quantitative estimate of drug-likeness (QED) is 0.849. The van der Waals surface area contributed by atoms with E-state index >= 15 is 0 Å². The lowest BCUT2D eigenvalue weighted by atomic mass is 10.1. The maximum Gasteiger partial charge on any atom is 0.251 e. The molecule has 4 heteroatoms. The van der Waals surface area contributed by atoms with E-state index in [9.17, 15) is 4.79 Å². The van der Waals surface area contributed by atoms with E-state index < -0.39 is 0 Å². The molecule has 0 fully saturated rings. The predicted molar refractivity (Wildman–Crippen MR) is 83.1 cm³/mol. The maximum atomic E-state index is 12.1. The zero-order valence-corrected chi connectivity index (χ0v) is 12.1. The summed E-state index contributed by atoms with van der Waals surface area (Å²) in [6, 6.07) is 13.0. The van der Waals surface area contributed by atoms with Crippen LogP contribution in [0.4, 0.5) is 5.69 Å². The second-order valence-corrected chi connectivity index (χ2v) is 5.09. The number of rotatable bonds is 4. The van der Waals surface area contributed by atoms with Crippen LogP contribution in [-0.2, 0) is 6.42 Å². The molecule has 1 amide bonds. The molecule has 2 aromatic carbocycles. The van der Waals surface area contributed by atoms with Crippen LogP contribution >= 0.6 is 11.6 Å². The minimum absolute atomic E-state index is 0.0937. The molecule has 0 aliphatic carbocycles. The lowest BCUT2D eigenvalue weighted by Crippen LogP contribution is -2.26. The van der Waals surface area contributed by atoms with Crippen molar-refractivity contribution < 1.29 is 4.79 Å². The molecule has 0 unspecified atom stereocenters. The van der Waals surface area contributed by atoms with Gasteiger partial charge in [0.2, 0.25) is 0 Å². The summed E-state index contributed by atoms with van der Waals surface area (Å²) < 4.78 is 0. The Hall–Kier alpha value is -2.00. The van der Waals surface area contributed by atoms with Gasteiger partial charge in [0, 0.05) is 22.8 Å². The average Bonchev–Trinajstić information content (AvgIpc) is 2.44. The van der Waals surface area contributed by atoms with E-state index in [1.165, 1.54) is 0 Å². The first-order valence-electron chi connectivity index (χ1n) is 6.45. The van der Waals surface area contributed by atoms with E-state index in [0.29, 0.717) is 22.8 Å². The molecule has 0 saturated heterocycles. The van der Waals surface area contributed by atoms with Gasteiger partial charge in [0.1, 0.15) is 0 Å². The highest BCUT2D eigenvalue weighted by molar-refractivity contribution is 6.30. The number of carbonyl (C=O) groups is 1. The first-order valence-corrected chi connectivity index (χ1v) is 6.83. The summed E-state index contributed by atoms with van der Waals surface area (Å²) >= 11 is 5.83. The van der Waals surface area contributed by atoms with Gasteiger partial charge in [-0.05, 0) is 48.7 Å². The van der Waals surface area contributed by atoms with Crippen molar-refractivity contribution in [2.75, 3.05) is 12.3 Å². The van der Waals surface area contributed by atoms with E-state index in [2.05, 4.69) is 5.32 Å². The molecule has 0 aromatic heterocycles. The lowest BCUT2D eigenvalue weighted by Gasteiger charge is -2.09. The van der Waals surface area contributed by atoms with E-state index in [4.69, 9.17) is 17.3 Å². The second-order valence-electron chi connectivity index (χ2n) is 4.65. The third-order valence-corrected chi connectivity index (χ3v) is 3.48. The van der Waals surface area contributed by atoms with Crippen molar-refractivity contribution >= 4 is 23.2 Å². The van der Waals surface area contributed by atoms with Gasteiger partial charge in [-0.25, -0.2) is 0 Å². The Bertz CT molecular complexity index is 608. The molecule has 0 aliphatic heterocycles. The summed E-state index contributed by atoms with van der Waals surface area (Å²) in [5, 5.41) is 3.62. The molecule has 20 heavy (non-hydrogen) atoms. The number of nitrogen functional groups attached to an aromatic ring is 1. The van der Waals surface area contributed by atoms with Gasteiger partial charge in [0.05, 0.1) is 0 Å². The Morgan fingerprint density at radius 2 is 1.90 bits per heavy atom. The third kappa shape index (κ3) is 3.52. The van der Waals surface area contributed by atoms with E-state index in [-0.39, 0.29) is 5.91 Å². The Labute approximate surface area is 123 Å². The fourth-order valence-corrected chi connectivity index (χ4v) is 2.09. The van der Waals surface area contributed by atoms with Gasteiger partial charge in [-0.3, -0.25) is 4.79 Å². The zero-order chi connectivity index (χ0) is 14.5. The van der Waals surface area contributed by atoms with Crippen LogP contribution in [-0.4, -0.2) is 12.5 Å². The highest BCUT2D eigenvalue weighted by Crippen LogP contribution is 2.15. The van der Waals surface area contributed by atoms with Gasteiger partial charge in [-0.15, -0.1) is 0 Å². The molecule has 0 saturated carbocycles. The van der Waals surface area contributed by atoms with Crippen LogP contribution < -0.4 is 11.1 Å². The Balaban J connectivity index is 1.92. The summed E-state index contributed by atoms with van der Waals surface area (Å²) in [7, 11) is 0. The molecule has 0 aliphatic rings. The van der Waals surface area contributed by atoms with Crippen molar-refractivity contribution in [3.63, 3.8) is 0 Å². The number of carbonyl (C=O) groups excluding carboxylic acids is 1. The van der Waals surface area contributed by atoms with E-state index in [1.54, 1.807) is 18.2 Å². The fourth-order valence-electron chi connectivity index (χ4n) is 1.97. The van der Waals surface area contributed by atoms with Gasteiger partial charge in [0.15, 0.2) is 0 Å². The van der Waals surface area contributed by atoms with Crippen molar-refractivity contribution in [1.29, 1.82) is 0 Å². The van der Waals surface area contributed by atoms with E-state index in [0.717, 1.165) is 17.5 Å². The topological polar surface area (TPSA) is 55.1 Å². The van der Waals surface area contributed by atoms with Crippen LogP contribution in [0.15, 0.2) is 42.5 Å². The van der Waals surface area contributed by atoms with E-state index in [1.807, 2.05) is 31.2 Å². The molecule has 0 radical (unpaired) electrons. The van der Waals surface area contributed by atoms with Crippen LogP contribution in [0.5, 0.6) is 0 Å².